The Kier molecular flexibility index (Phi) is 5.56. The van der Waals surface area contributed by atoms with Gasteiger partial charge in [0.05, 0.1) is 11.7 Å². The average Bonchev–Trinajstić information content (AvgIpc) is 3.09. The van der Waals surface area contributed by atoms with Crippen LogP contribution in [0.4, 0.5) is 0 Å². The Bertz CT molecular complexity index is 1050. The molecule has 7 nitrogen and oxygen atoms in total. The molecule has 3 fully saturated rings. The standard InChI is InChI=1S/C27H33NO6/c1-25-9-7-18(29)12-17(25)5-6-19-20-8-10-27(33,26(20,2)13-21(30)23(19)25)22(31)15-34-24(32)16-4-3-11-28-14-16/h3-4,11-12,14,19-21,23,30,33H,5-10,13,15H2,1-2H3/t19-,20-,21?,23+,25-,26-,27-/m0/s1. The summed E-state index contributed by atoms with van der Waals surface area (Å²) in [6.45, 7) is 3.59. The SMILES string of the molecule is C[C@]12CCC(=O)C=C1CC[C@@H]1[C@@H]2C(O)C[C@@]2(C)[C@H]1CC[C@]2(O)C(=O)COC(=O)c1cccnc1. The maximum Gasteiger partial charge on any atom is 0.340 e. The summed E-state index contributed by atoms with van der Waals surface area (Å²) in [6.07, 6.45) is 8.24. The van der Waals surface area contributed by atoms with E-state index in [-0.39, 0.29) is 34.5 Å². The number of ketones is 2. The van der Waals surface area contributed by atoms with E-state index in [1.807, 2.05) is 6.92 Å². The van der Waals surface area contributed by atoms with Gasteiger partial charge in [-0.2, -0.15) is 0 Å². The summed E-state index contributed by atoms with van der Waals surface area (Å²) in [4.78, 5) is 41.5. The number of esters is 1. The minimum Gasteiger partial charge on any atom is -0.454 e. The van der Waals surface area contributed by atoms with Gasteiger partial charge in [0.1, 0.15) is 5.60 Å². The number of allylic oxidation sites excluding steroid dienone is 1. The van der Waals surface area contributed by atoms with Crippen LogP contribution in [0.25, 0.3) is 0 Å². The predicted octanol–water partition coefficient (Wildman–Crippen LogP) is 3.04. The number of aliphatic hydroxyl groups excluding tert-OH is 1. The molecule has 182 valence electrons. The van der Waals surface area contributed by atoms with Crippen molar-refractivity contribution in [1.82, 2.24) is 4.98 Å². The van der Waals surface area contributed by atoms with E-state index in [4.69, 9.17) is 4.74 Å². The van der Waals surface area contributed by atoms with Crippen LogP contribution in [0, 0.1) is 28.6 Å². The van der Waals surface area contributed by atoms with Gasteiger partial charge in [-0.3, -0.25) is 14.6 Å². The molecule has 1 aromatic heterocycles. The van der Waals surface area contributed by atoms with Gasteiger partial charge in [0.15, 0.2) is 12.4 Å². The number of nitrogens with zero attached hydrogens (tertiary/aromatic N) is 1. The van der Waals surface area contributed by atoms with E-state index in [0.29, 0.717) is 25.7 Å². The highest BCUT2D eigenvalue weighted by molar-refractivity contribution is 5.94. The highest BCUT2D eigenvalue weighted by Crippen LogP contribution is 2.67. The van der Waals surface area contributed by atoms with Crippen molar-refractivity contribution in [3.8, 4) is 0 Å². The van der Waals surface area contributed by atoms with E-state index in [1.165, 1.54) is 6.20 Å². The molecule has 0 spiro atoms. The second-order valence-electron chi connectivity index (χ2n) is 11.2. The quantitative estimate of drug-likeness (QED) is 0.654. The molecule has 1 unspecified atom stereocenters. The van der Waals surface area contributed by atoms with Gasteiger partial charge in [-0.25, -0.2) is 4.79 Å². The summed E-state index contributed by atoms with van der Waals surface area (Å²) in [5, 5.41) is 23.2. The lowest BCUT2D eigenvalue weighted by atomic mass is 9.45. The first-order valence-corrected chi connectivity index (χ1v) is 12.3. The topological polar surface area (TPSA) is 114 Å². The van der Waals surface area contributed by atoms with Crippen molar-refractivity contribution < 1.29 is 29.3 Å². The fraction of sp³-hybridized carbons (Fsp3) is 0.630. The van der Waals surface area contributed by atoms with Crippen molar-refractivity contribution in [2.75, 3.05) is 6.61 Å². The zero-order chi connectivity index (χ0) is 24.3. The fourth-order valence-corrected chi connectivity index (χ4v) is 7.97. The number of hydrogen-bond donors (Lipinski definition) is 2. The third-order valence-electron chi connectivity index (χ3n) is 9.74. The minimum atomic E-state index is -1.65. The molecule has 1 aromatic rings. The van der Waals surface area contributed by atoms with E-state index < -0.39 is 35.5 Å². The molecule has 0 saturated heterocycles. The van der Waals surface area contributed by atoms with Crippen molar-refractivity contribution in [1.29, 1.82) is 0 Å². The molecule has 7 heteroatoms. The van der Waals surface area contributed by atoms with Crippen molar-refractivity contribution in [3.63, 3.8) is 0 Å². The Morgan fingerprint density at radius 3 is 2.74 bits per heavy atom. The summed E-state index contributed by atoms with van der Waals surface area (Å²) in [5.74, 6) is -0.725. The van der Waals surface area contributed by atoms with Gasteiger partial charge in [-0.15, -0.1) is 0 Å². The van der Waals surface area contributed by atoms with Gasteiger partial charge in [0.25, 0.3) is 0 Å². The van der Waals surface area contributed by atoms with Crippen LogP contribution < -0.4 is 0 Å². The Morgan fingerprint density at radius 1 is 1.21 bits per heavy atom. The maximum atomic E-state index is 13.3. The zero-order valence-corrected chi connectivity index (χ0v) is 19.8. The van der Waals surface area contributed by atoms with Crippen LogP contribution in [0.5, 0.6) is 0 Å². The van der Waals surface area contributed by atoms with Crippen molar-refractivity contribution in [3.05, 3.63) is 41.7 Å². The molecule has 5 rings (SSSR count). The second-order valence-corrected chi connectivity index (χ2v) is 11.2. The van der Waals surface area contributed by atoms with Crippen LogP contribution in [0.1, 0.15) is 69.2 Å². The number of aliphatic hydroxyl groups is 2. The van der Waals surface area contributed by atoms with E-state index in [2.05, 4.69) is 11.9 Å². The summed E-state index contributed by atoms with van der Waals surface area (Å²) in [5.41, 5.74) is -1.27. The normalized spacial score (nSPS) is 41.1. The number of aromatic nitrogens is 1. The zero-order valence-electron chi connectivity index (χ0n) is 19.8. The molecule has 4 aliphatic rings. The number of carbonyl (C=O) groups is 3. The molecule has 0 aliphatic heterocycles. The minimum absolute atomic E-state index is 0.0135. The lowest BCUT2D eigenvalue weighted by Gasteiger charge is -2.60. The first-order valence-electron chi connectivity index (χ1n) is 12.3. The van der Waals surface area contributed by atoms with Crippen LogP contribution >= 0.6 is 0 Å². The van der Waals surface area contributed by atoms with Gasteiger partial charge in [-0.1, -0.05) is 19.4 Å². The van der Waals surface area contributed by atoms with Crippen molar-refractivity contribution in [2.45, 2.75) is 70.5 Å². The second kappa shape index (κ2) is 8.09. The Labute approximate surface area is 199 Å². The largest absolute Gasteiger partial charge is 0.454 e. The van der Waals surface area contributed by atoms with Crippen molar-refractivity contribution in [2.24, 2.45) is 28.6 Å². The molecule has 4 aliphatic carbocycles. The number of Topliss-reactive ketones (excluding diaryl/α,β-unsaturated/α-hetero) is 1. The number of rotatable bonds is 4. The molecule has 0 aromatic carbocycles. The molecule has 3 saturated carbocycles. The smallest absolute Gasteiger partial charge is 0.340 e. The summed E-state index contributed by atoms with van der Waals surface area (Å²) >= 11 is 0. The fourth-order valence-electron chi connectivity index (χ4n) is 7.97. The van der Waals surface area contributed by atoms with Crippen LogP contribution in [-0.4, -0.2) is 51.0 Å². The highest BCUT2D eigenvalue weighted by Gasteiger charge is 2.68. The van der Waals surface area contributed by atoms with Gasteiger partial charge in [0.2, 0.25) is 5.78 Å². The van der Waals surface area contributed by atoms with Crippen LogP contribution in [-0.2, 0) is 14.3 Å². The Hall–Kier alpha value is -2.38. The number of fused-ring (bicyclic) bond motifs is 5. The maximum absolute atomic E-state index is 13.3. The predicted molar refractivity (Wildman–Crippen MR) is 123 cm³/mol. The van der Waals surface area contributed by atoms with E-state index >= 15 is 0 Å². The van der Waals surface area contributed by atoms with Gasteiger partial charge in [0, 0.05) is 24.2 Å². The van der Waals surface area contributed by atoms with Crippen LogP contribution in [0.15, 0.2) is 36.2 Å². The molecule has 0 radical (unpaired) electrons. The number of ether oxygens (including phenoxy) is 1. The summed E-state index contributed by atoms with van der Waals surface area (Å²) in [6, 6.07) is 3.17. The molecule has 7 atom stereocenters. The van der Waals surface area contributed by atoms with E-state index in [0.717, 1.165) is 24.8 Å². The third-order valence-corrected chi connectivity index (χ3v) is 9.74. The molecular formula is C27H33NO6. The first-order chi connectivity index (χ1) is 16.1. The monoisotopic (exact) mass is 467 g/mol. The van der Waals surface area contributed by atoms with Gasteiger partial charge >= 0.3 is 5.97 Å². The van der Waals surface area contributed by atoms with Crippen molar-refractivity contribution >= 4 is 17.5 Å². The van der Waals surface area contributed by atoms with Crippen LogP contribution in [0.3, 0.4) is 0 Å². The molecular weight excluding hydrogens is 434 g/mol. The lowest BCUT2D eigenvalue weighted by molar-refractivity contribution is -0.182. The Morgan fingerprint density at radius 2 is 2.00 bits per heavy atom. The first kappa shape index (κ1) is 23.4. The lowest BCUT2D eigenvalue weighted by Crippen LogP contribution is -2.62. The molecule has 34 heavy (non-hydrogen) atoms. The molecule has 1 heterocycles. The number of carbonyl (C=O) groups excluding carboxylic acids is 3. The molecule has 0 amide bonds. The van der Waals surface area contributed by atoms with Gasteiger partial charge < -0.3 is 14.9 Å². The van der Waals surface area contributed by atoms with Gasteiger partial charge in [-0.05, 0) is 79.9 Å². The molecule has 0 bridgehead atoms. The number of pyridine rings is 1. The average molecular weight is 468 g/mol. The van der Waals surface area contributed by atoms with E-state index in [1.54, 1.807) is 24.4 Å². The summed E-state index contributed by atoms with van der Waals surface area (Å²) in [7, 11) is 0. The third kappa shape index (κ3) is 3.31. The van der Waals surface area contributed by atoms with E-state index in [9.17, 15) is 24.6 Å². The Balaban J connectivity index is 1.37. The summed E-state index contributed by atoms with van der Waals surface area (Å²) < 4.78 is 5.23. The number of hydrogen-bond acceptors (Lipinski definition) is 7. The highest BCUT2D eigenvalue weighted by atomic mass is 16.5. The van der Waals surface area contributed by atoms with Crippen LogP contribution in [0.2, 0.25) is 0 Å². The molecule has 2 N–H and O–H groups in total.